The van der Waals surface area contributed by atoms with Gasteiger partial charge in [-0.3, -0.25) is 0 Å². The monoisotopic (exact) mass is 277 g/mol. The van der Waals surface area contributed by atoms with E-state index < -0.39 is 0 Å². The Morgan fingerprint density at radius 1 is 0.833 bits per heavy atom. The summed E-state index contributed by atoms with van der Waals surface area (Å²) in [6, 6.07) is 13.1. The molecular formula is C13H9Cl2N3. The van der Waals surface area contributed by atoms with Crippen molar-refractivity contribution in [3.63, 3.8) is 0 Å². The highest BCUT2D eigenvalue weighted by Gasteiger charge is 2.13. The minimum Gasteiger partial charge on any atom is -0.343 e. The summed E-state index contributed by atoms with van der Waals surface area (Å²) in [5, 5.41) is 5.99. The lowest BCUT2D eigenvalue weighted by atomic mass is 10.3. The van der Waals surface area contributed by atoms with Gasteiger partial charge in [-0.15, -0.1) is 0 Å². The minimum absolute atomic E-state index is 0.375. The number of hydrogen-bond acceptors (Lipinski definition) is 3. The molecular weight excluding hydrogens is 269 g/mol. The summed E-state index contributed by atoms with van der Waals surface area (Å²) < 4.78 is 0. The lowest BCUT2D eigenvalue weighted by molar-refractivity contribution is 0.804. The highest BCUT2D eigenvalue weighted by Crippen LogP contribution is 2.30. The quantitative estimate of drug-likeness (QED) is 0.900. The van der Waals surface area contributed by atoms with Crippen LogP contribution in [0.4, 0.5) is 5.69 Å². The Labute approximate surface area is 114 Å². The molecule has 2 aromatic carbocycles. The Balaban J connectivity index is 1.94. The number of rotatable bonds is 2. The predicted molar refractivity (Wildman–Crippen MR) is 72.6 cm³/mol. The third kappa shape index (κ3) is 2.07. The second-order valence-electron chi connectivity index (χ2n) is 3.86. The normalized spacial score (nSPS) is 13.7. The van der Waals surface area contributed by atoms with Gasteiger partial charge in [-0.25, -0.2) is 9.98 Å². The molecule has 3 rings (SSSR count). The van der Waals surface area contributed by atoms with Crippen LogP contribution in [0.2, 0.25) is 10.0 Å². The van der Waals surface area contributed by atoms with Gasteiger partial charge < -0.3 is 5.32 Å². The van der Waals surface area contributed by atoms with Crippen LogP contribution in [0.3, 0.4) is 0 Å². The number of anilines is 1. The van der Waals surface area contributed by atoms with Gasteiger partial charge in [-0.2, -0.15) is 0 Å². The molecule has 0 atom stereocenters. The standard InChI is InChI=1S/C13H9Cl2N3/c14-8-4-3-5-9(15)12(8)18-13-16-10-6-1-2-7-11(10)17-13/h1-7,13,18H. The van der Waals surface area contributed by atoms with Crippen molar-refractivity contribution in [2.45, 2.75) is 6.29 Å². The zero-order chi connectivity index (χ0) is 12.5. The number of nitrogens with zero attached hydrogens (tertiary/aromatic N) is 2. The van der Waals surface area contributed by atoms with Gasteiger partial charge in [-0.1, -0.05) is 41.4 Å². The topological polar surface area (TPSA) is 36.8 Å². The maximum absolute atomic E-state index is 6.09. The molecule has 0 aliphatic carbocycles. The minimum atomic E-state index is -0.375. The molecule has 1 aliphatic heterocycles. The van der Waals surface area contributed by atoms with E-state index in [-0.39, 0.29) is 6.29 Å². The highest BCUT2D eigenvalue weighted by molar-refractivity contribution is 6.39. The molecule has 0 spiro atoms. The fourth-order valence-electron chi connectivity index (χ4n) is 1.80. The average molecular weight is 278 g/mol. The van der Waals surface area contributed by atoms with Crippen molar-refractivity contribution in [2.75, 3.05) is 5.32 Å². The van der Waals surface area contributed by atoms with Gasteiger partial charge in [0.1, 0.15) is 0 Å². The van der Waals surface area contributed by atoms with Crippen molar-refractivity contribution in [2.24, 2.45) is 9.98 Å². The second kappa shape index (κ2) is 4.59. The third-order valence-electron chi connectivity index (χ3n) is 2.64. The molecule has 0 saturated heterocycles. The Morgan fingerprint density at radius 3 is 1.94 bits per heavy atom. The molecule has 0 bridgehead atoms. The van der Waals surface area contributed by atoms with Crippen molar-refractivity contribution in [1.29, 1.82) is 0 Å². The molecule has 3 nitrogen and oxygen atoms in total. The van der Waals surface area contributed by atoms with Crippen LogP contribution in [0.5, 0.6) is 0 Å². The first-order valence-electron chi connectivity index (χ1n) is 5.45. The third-order valence-corrected chi connectivity index (χ3v) is 3.27. The van der Waals surface area contributed by atoms with E-state index in [9.17, 15) is 0 Å². The van der Waals surface area contributed by atoms with Crippen molar-refractivity contribution in [3.05, 3.63) is 63.2 Å². The zero-order valence-electron chi connectivity index (χ0n) is 9.27. The molecule has 90 valence electrons. The number of fused-ring (bicyclic) bond motifs is 1. The van der Waals surface area contributed by atoms with Crippen LogP contribution in [-0.4, -0.2) is 6.29 Å². The molecule has 0 amide bonds. The van der Waals surface area contributed by atoms with Gasteiger partial charge in [0.15, 0.2) is 0 Å². The molecule has 0 radical (unpaired) electrons. The number of para-hydroxylation sites is 3. The van der Waals surface area contributed by atoms with Gasteiger partial charge in [-0.05, 0) is 24.3 Å². The first-order valence-corrected chi connectivity index (χ1v) is 6.21. The summed E-state index contributed by atoms with van der Waals surface area (Å²) in [6.45, 7) is 0. The van der Waals surface area contributed by atoms with Gasteiger partial charge in [0.2, 0.25) is 6.29 Å². The molecule has 0 saturated carbocycles. The van der Waals surface area contributed by atoms with Crippen LogP contribution in [0.15, 0.2) is 52.4 Å². The van der Waals surface area contributed by atoms with Crippen LogP contribution in [-0.2, 0) is 0 Å². The van der Waals surface area contributed by atoms with Crippen molar-refractivity contribution in [1.82, 2.24) is 0 Å². The molecule has 1 aliphatic rings. The highest BCUT2D eigenvalue weighted by atomic mass is 35.5. The molecule has 1 heterocycles. The first kappa shape index (κ1) is 11.5. The van der Waals surface area contributed by atoms with E-state index in [4.69, 9.17) is 23.2 Å². The molecule has 18 heavy (non-hydrogen) atoms. The molecule has 5 heteroatoms. The molecule has 0 aromatic heterocycles. The maximum Gasteiger partial charge on any atom is 0.215 e. The van der Waals surface area contributed by atoms with Crippen LogP contribution in [0.1, 0.15) is 0 Å². The van der Waals surface area contributed by atoms with Crippen LogP contribution < -0.4 is 16.0 Å². The summed E-state index contributed by atoms with van der Waals surface area (Å²) in [4.78, 5) is 8.87. The van der Waals surface area contributed by atoms with E-state index in [0.29, 0.717) is 15.7 Å². The average Bonchev–Trinajstić information content (AvgIpc) is 2.76. The SMILES string of the molecule is Clc1cccc(Cl)c1NC1N=c2ccccc2=N1. The van der Waals surface area contributed by atoms with Gasteiger partial charge in [0, 0.05) is 0 Å². The van der Waals surface area contributed by atoms with E-state index >= 15 is 0 Å². The van der Waals surface area contributed by atoms with E-state index in [1.165, 1.54) is 0 Å². The fourth-order valence-corrected chi connectivity index (χ4v) is 2.31. The molecule has 1 N–H and O–H groups in total. The number of nitrogens with one attached hydrogen (secondary N) is 1. The van der Waals surface area contributed by atoms with Crippen molar-refractivity contribution >= 4 is 28.9 Å². The van der Waals surface area contributed by atoms with E-state index in [2.05, 4.69) is 15.3 Å². The maximum atomic E-state index is 6.09. The second-order valence-corrected chi connectivity index (χ2v) is 4.68. The summed E-state index contributed by atoms with van der Waals surface area (Å²) in [7, 11) is 0. The van der Waals surface area contributed by atoms with Crippen molar-refractivity contribution in [3.8, 4) is 0 Å². The smallest absolute Gasteiger partial charge is 0.215 e. The lowest BCUT2D eigenvalue weighted by Crippen LogP contribution is -2.19. The first-order chi connectivity index (χ1) is 8.74. The number of hydrogen-bond donors (Lipinski definition) is 1. The Bertz CT molecular complexity index is 657. The Morgan fingerprint density at radius 2 is 1.39 bits per heavy atom. The Kier molecular flexibility index (Phi) is 2.94. The van der Waals surface area contributed by atoms with Crippen LogP contribution in [0.25, 0.3) is 0 Å². The summed E-state index contributed by atoms with van der Waals surface area (Å²) in [5.74, 6) is 0. The summed E-state index contributed by atoms with van der Waals surface area (Å²) >= 11 is 12.2. The van der Waals surface area contributed by atoms with E-state index in [0.717, 1.165) is 10.7 Å². The zero-order valence-corrected chi connectivity index (χ0v) is 10.8. The summed E-state index contributed by atoms with van der Waals surface area (Å²) in [6.07, 6.45) is -0.375. The van der Waals surface area contributed by atoms with Gasteiger partial charge in [0.05, 0.1) is 26.4 Å². The Hall–Kier alpha value is -1.58. The van der Waals surface area contributed by atoms with E-state index in [1.54, 1.807) is 18.2 Å². The molecule has 0 unspecified atom stereocenters. The molecule has 0 fully saturated rings. The predicted octanol–water partition coefficient (Wildman–Crippen LogP) is 2.64. The molecule has 2 aromatic rings. The number of benzene rings is 2. The van der Waals surface area contributed by atoms with Gasteiger partial charge in [0.25, 0.3) is 0 Å². The number of halogens is 2. The summed E-state index contributed by atoms with van der Waals surface area (Å²) in [5.41, 5.74) is 0.658. The van der Waals surface area contributed by atoms with E-state index in [1.807, 2.05) is 24.3 Å². The van der Waals surface area contributed by atoms with Crippen LogP contribution >= 0.6 is 23.2 Å². The fraction of sp³-hybridized carbons (Fsp3) is 0.0769. The van der Waals surface area contributed by atoms with Crippen molar-refractivity contribution < 1.29 is 0 Å². The van der Waals surface area contributed by atoms with Gasteiger partial charge >= 0.3 is 0 Å². The lowest BCUT2D eigenvalue weighted by Gasteiger charge is -2.12. The van der Waals surface area contributed by atoms with Crippen LogP contribution in [0, 0.1) is 0 Å². The largest absolute Gasteiger partial charge is 0.343 e.